The van der Waals surface area contributed by atoms with E-state index < -0.39 is 0 Å². The fourth-order valence-electron chi connectivity index (χ4n) is 1.51. The van der Waals surface area contributed by atoms with Crippen molar-refractivity contribution in [2.45, 2.75) is 4.90 Å². The first-order valence-electron chi connectivity index (χ1n) is 5.36. The molecular weight excluding hydrogens is 230 g/mol. The van der Waals surface area contributed by atoms with E-state index in [1.807, 2.05) is 25.2 Å². The Morgan fingerprint density at radius 3 is 2.71 bits per heavy atom. The number of anilines is 3. The molecule has 2 aromatic rings. The van der Waals surface area contributed by atoms with Crippen molar-refractivity contribution in [3.05, 3.63) is 42.6 Å². The second kappa shape index (κ2) is 5.59. The third-order valence-electron chi connectivity index (χ3n) is 2.37. The molecule has 2 N–H and O–H groups in total. The summed E-state index contributed by atoms with van der Waals surface area (Å²) in [5.41, 5.74) is 2.12. The van der Waals surface area contributed by atoms with E-state index in [0.29, 0.717) is 0 Å². The van der Waals surface area contributed by atoms with Gasteiger partial charge in [-0.2, -0.15) is 0 Å². The van der Waals surface area contributed by atoms with Crippen molar-refractivity contribution in [1.82, 2.24) is 4.98 Å². The highest BCUT2D eigenvalue weighted by Gasteiger charge is 1.98. The molecule has 0 aliphatic carbocycles. The predicted molar refractivity (Wildman–Crippen MR) is 75.3 cm³/mol. The van der Waals surface area contributed by atoms with Gasteiger partial charge in [-0.1, -0.05) is 6.07 Å². The summed E-state index contributed by atoms with van der Waals surface area (Å²) in [5, 5.41) is 6.38. The largest absolute Gasteiger partial charge is 0.373 e. The van der Waals surface area contributed by atoms with Crippen molar-refractivity contribution in [3.8, 4) is 0 Å². The number of aromatic nitrogens is 1. The summed E-state index contributed by atoms with van der Waals surface area (Å²) >= 11 is 1.74. The molecule has 0 fully saturated rings. The zero-order valence-electron chi connectivity index (χ0n) is 9.90. The van der Waals surface area contributed by atoms with Crippen LogP contribution in [-0.2, 0) is 0 Å². The highest BCUT2D eigenvalue weighted by molar-refractivity contribution is 7.98. The minimum Gasteiger partial charge on any atom is -0.373 e. The van der Waals surface area contributed by atoms with Gasteiger partial charge in [0, 0.05) is 35.6 Å². The maximum Gasteiger partial charge on any atom is 0.127 e. The van der Waals surface area contributed by atoms with E-state index in [1.165, 1.54) is 4.90 Å². The molecule has 0 aliphatic rings. The number of nitrogens with one attached hydrogen (secondary N) is 2. The molecular formula is C13H15N3S. The molecule has 0 unspecified atom stereocenters. The molecule has 0 bridgehead atoms. The van der Waals surface area contributed by atoms with Gasteiger partial charge in [-0.3, -0.25) is 0 Å². The SMILES string of the molecule is CNc1cc(Nc2cccc(SC)c2)ccn1. The van der Waals surface area contributed by atoms with Gasteiger partial charge in [0.2, 0.25) is 0 Å². The Balaban J connectivity index is 2.18. The van der Waals surface area contributed by atoms with Crippen LogP contribution >= 0.6 is 11.8 Å². The van der Waals surface area contributed by atoms with Crippen molar-refractivity contribution < 1.29 is 0 Å². The minimum absolute atomic E-state index is 0.857. The third-order valence-corrected chi connectivity index (χ3v) is 3.10. The van der Waals surface area contributed by atoms with Crippen LogP contribution in [0, 0.1) is 0 Å². The van der Waals surface area contributed by atoms with E-state index in [2.05, 4.69) is 40.1 Å². The summed E-state index contributed by atoms with van der Waals surface area (Å²) in [7, 11) is 1.86. The Morgan fingerprint density at radius 2 is 1.94 bits per heavy atom. The van der Waals surface area contributed by atoms with Crippen molar-refractivity contribution in [2.75, 3.05) is 23.9 Å². The Morgan fingerprint density at radius 1 is 1.12 bits per heavy atom. The van der Waals surface area contributed by atoms with Crippen LogP contribution in [0.5, 0.6) is 0 Å². The van der Waals surface area contributed by atoms with Gasteiger partial charge in [-0.05, 0) is 30.5 Å². The molecule has 2 rings (SSSR count). The summed E-state index contributed by atoms with van der Waals surface area (Å²) in [6.07, 6.45) is 3.86. The van der Waals surface area contributed by atoms with Crippen molar-refractivity contribution in [1.29, 1.82) is 0 Å². The Bertz CT molecular complexity index is 454. The van der Waals surface area contributed by atoms with Crippen molar-refractivity contribution >= 4 is 29.0 Å². The van der Waals surface area contributed by atoms with Gasteiger partial charge in [-0.15, -0.1) is 11.8 Å². The van der Waals surface area contributed by atoms with Crippen LogP contribution in [0.3, 0.4) is 0 Å². The molecule has 1 heterocycles. The van der Waals surface area contributed by atoms with Crippen LogP contribution in [0.15, 0.2) is 47.5 Å². The van der Waals surface area contributed by atoms with Crippen LogP contribution in [0.4, 0.5) is 17.2 Å². The molecule has 0 saturated carbocycles. The molecule has 17 heavy (non-hydrogen) atoms. The Labute approximate surface area is 106 Å². The van der Waals surface area contributed by atoms with E-state index in [-0.39, 0.29) is 0 Å². The summed E-state index contributed by atoms with van der Waals surface area (Å²) in [6, 6.07) is 12.3. The van der Waals surface area contributed by atoms with E-state index in [0.717, 1.165) is 17.2 Å². The average Bonchev–Trinajstić information content (AvgIpc) is 2.39. The highest BCUT2D eigenvalue weighted by atomic mass is 32.2. The number of thioether (sulfide) groups is 1. The van der Waals surface area contributed by atoms with E-state index in [1.54, 1.807) is 18.0 Å². The molecule has 0 saturated heterocycles. The van der Waals surface area contributed by atoms with Gasteiger partial charge in [0.25, 0.3) is 0 Å². The van der Waals surface area contributed by atoms with E-state index in [4.69, 9.17) is 0 Å². The van der Waals surface area contributed by atoms with Gasteiger partial charge < -0.3 is 10.6 Å². The molecule has 88 valence electrons. The lowest BCUT2D eigenvalue weighted by molar-refractivity contribution is 1.28. The first kappa shape index (κ1) is 11.8. The maximum atomic E-state index is 4.18. The lowest BCUT2D eigenvalue weighted by Gasteiger charge is -2.08. The third kappa shape index (κ3) is 3.14. The van der Waals surface area contributed by atoms with Crippen LogP contribution < -0.4 is 10.6 Å². The van der Waals surface area contributed by atoms with Crippen LogP contribution in [0.25, 0.3) is 0 Å². The number of hydrogen-bond acceptors (Lipinski definition) is 4. The quantitative estimate of drug-likeness (QED) is 0.807. The molecule has 1 aromatic heterocycles. The van der Waals surface area contributed by atoms with E-state index in [9.17, 15) is 0 Å². The summed E-state index contributed by atoms with van der Waals surface area (Å²) in [6.45, 7) is 0. The minimum atomic E-state index is 0.857. The molecule has 0 atom stereocenters. The number of rotatable bonds is 4. The maximum absolute atomic E-state index is 4.18. The lowest BCUT2D eigenvalue weighted by Crippen LogP contribution is -1.95. The van der Waals surface area contributed by atoms with Gasteiger partial charge in [0.15, 0.2) is 0 Å². The highest BCUT2D eigenvalue weighted by Crippen LogP contribution is 2.22. The number of pyridine rings is 1. The molecule has 0 radical (unpaired) electrons. The molecule has 0 spiro atoms. The van der Waals surface area contributed by atoms with E-state index >= 15 is 0 Å². The Hall–Kier alpha value is -1.68. The van der Waals surface area contributed by atoms with Crippen molar-refractivity contribution in [2.24, 2.45) is 0 Å². The predicted octanol–water partition coefficient (Wildman–Crippen LogP) is 3.59. The van der Waals surface area contributed by atoms with Gasteiger partial charge >= 0.3 is 0 Å². The second-order valence-corrected chi connectivity index (χ2v) is 4.42. The number of benzene rings is 1. The summed E-state index contributed by atoms with van der Waals surface area (Å²) in [5.74, 6) is 0.857. The summed E-state index contributed by atoms with van der Waals surface area (Å²) < 4.78 is 0. The molecule has 4 heteroatoms. The molecule has 3 nitrogen and oxygen atoms in total. The van der Waals surface area contributed by atoms with Crippen molar-refractivity contribution in [3.63, 3.8) is 0 Å². The first-order chi connectivity index (χ1) is 8.31. The van der Waals surface area contributed by atoms with Gasteiger partial charge in [-0.25, -0.2) is 4.98 Å². The molecule has 0 aliphatic heterocycles. The fraction of sp³-hybridized carbons (Fsp3) is 0.154. The zero-order chi connectivity index (χ0) is 12.1. The van der Waals surface area contributed by atoms with Crippen LogP contribution in [0.2, 0.25) is 0 Å². The monoisotopic (exact) mass is 245 g/mol. The van der Waals surface area contributed by atoms with Gasteiger partial charge in [0.1, 0.15) is 5.82 Å². The smallest absolute Gasteiger partial charge is 0.127 e. The van der Waals surface area contributed by atoms with Crippen LogP contribution in [0.1, 0.15) is 0 Å². The number of nitrogens with zero attached hydrogens (tertiary/aromatic N) is 1. The fourth-order valence-corrected chi connectivity index (χ4v) is 1.97. The topological polar surface area (TPSA) is 37.0 Å². The number of hydrogen-bond donors (Lipinski definition) is 2. The lowest BCUT2D eigenvalue weighted by atomic mass is 10.3. The Kier molecular flexibility index (Phi) is 3.88. The van der Waals surface area contributed by atoms with Gasteiger partial charge in [0.05, 0.1) is 0 Å². The van der Waals surface area contributed by atoms with Crippen LogP contribution in [-0.4, -0.2) is 18.3 Å². The summed E-state index contributed by atoms with van der Waals surface area (Å²) in [4.78, 5) is 5.43. The average molecular weight is 245 g/mol. The molecule has 1 aromatic carbocycles. The first-order valence-corrected chi connectivity index (χ1v) is 6.59. The zero-order valence-corrected chi connectivity index (χ0v) is 10.7. The second-order valence-electron chi connectivity index (χ2n) is 3.54. The standard InChI is InChI=1S/C13H15N3S/c1-14-13-9-11(6-7-15-13)16-10-4-3-5-12(8-10)17-2/h3-9H,1-2H3,(H2,14,15,16). The normalized spacial score (nSPS) is 10.0. The molecule has 0 amide bonds.